The van der Waals surface area contributed by atoms with Crippen LogP contribution in [0.1, 0.15) is 13.8 Å². The van der Waals surface area contributed by atoms with Crippen molar-refractivity contribution in [2.24, 2.45) is 5.92 Å². The lowest BCUT2D eigenvalue weighted by Gasteiger charge is -2.21. The Kier molecular flexibility index (Phi) is 7.83. The third kappa shape index (κ3) is 6.92. The van der Waals surface area contributed by atoms with E-state index in [4.69, 9.17) is 16.3 Å². The molecule has 0 aliphatic rings. The molecule has 0 unspecified atom stereocenters. The third-order valence-electron chi connectivity index (χ3n) is 3.69. The van der Waals surface area contributed by atoms with Gasteiger partial charge in [-0.3, -0.25) is 4.79 Å². The molecule has 3 N–H and O–H groups in total. The molecule has 1 atom stereocenters. The van der Waals surface area contributed by atoms with Crippen LogP contribution in [0.5, 0.6) is 0 Å². The Labute approximate surface area is 168 Å². The maximum Gasteiger partial charge on any atom is 0.329 e. The average molecular weight is 404 g/mol. The van der Waals surface area contributed by atoms with E-state index in [0.29, 0.717) is 16.4 Å². The zero-order valence-corrected chi connectivity index (χ0v) is 16.3. The number of esters is 1. The molecule has 2 aromatic rings. The maximum atomic E-state index is 12.3. The molecular formula is C20H22ClN3O4. The summed E-state index contributed by atoms with van der Waals surface area (Å²) in [6.45, 7) is 3.05. The van der Waals surface area contributed by atoms with E-state index >= 15 is 0 Å². The number of hydrogen-bond donors (Lipinski definition) is 3. The molecule has 3 amide bonds. The number of halogens is 1. The molecule has 2 aromatic carbocycles. The number of carbonyl (C=O) groups is 3. The summed E-state index contributed by atoms with van der Waals surface area (Å²) in [5.41, 5.74) is 1.09. The Hall–Kier alpha value is -3.06. The largest absolute Gasteiger partial charge is 0.454 e. The topological polar surface area (TPSA) is 96.5 Å². The molecule has 0 saturated heterocycles. The van der Waals surface area contributed by atoms with Gasteiger partial charge in [0, 0.05) is 16.4 Å². The van der Waals surface area contributed by atoms with E-state index in [-0.39, 0.29) is 5.92 Å². The van der Waals surface area contributed by atoms with Gasteiger partial charge in [-0.05, 0) is 36.2 Å². The van der Waals surface area contributed by atoms with E-state index in [0.717, 1.165) is 0 Å². The molecule has 0 spiro atoms. The van der Waals surface area contributed by atoms with Gasteiger partial charge in [-0.2, -0.15) is 0 Å². The SMILES string of the molecule is CC(C)[C@H](NC(=O)Nc1ccccc1)C(=O)OCC(=O)Nc1cccc(Cl)c1. The van der Waals surface area contributed by atoms with Crippen molar-refractivity contribution in [1.29, 1.82) is 0 Å². The highest BCUT2D eigenvalue weighted by Gasteiger charge is 2.26. The van der Waals surface area contributed by atoms with Gasteiger partial charge in [-0.15, -0.1) is 0 Å². The first-order chi connectivity index (χ1) is 13.3. The summed E-state index contributed by atoms with van der Waals surface area (Å²) in [6.07, 6.45) is 0. The molecule has 0 radical (unpaired) electrons. The summed E-state index contributed by atoms with van der Waals surface area (Å²) in [6, 6.07) is 14.0. The lowest BCUT2D eigenvalue weighted by atomic mass is 10.1. The van der Waals surface area contributed by atoms with Crippen molar-refractivity contribution in [3.05, 3.63) is 59.6 Å². The van der Waals surface area contributed by atoms with Crippen molar-refractivity contribution in [1.82, 2.24) is 5.32 Å². The molecule has 0 heterocycles. The predicted octanol–water partition coefficient (Wildman–Crippen LogP) is 3.67. The first kappa shape index (κ1) is 21.2. The Balaban J connectivity index is 1.86. The van der Waals surface area contributed by atoms with Crippen LogP contribution in [0, 0.1) is 5.92 Å². The molecular weight excluding hydrogens is 382 g/mol. The van der Waals surface area contributed by atoms with Crippen molar-refractivity contribution in [3.63, 3.8) is 0 Å². The van der Waals surface area contributed by atoms with E-state index in [1.54, 1.807) is 62.4 Å². The summed E-state index contributed by atoms with van der Waals surface area (Å²) < 4.78 is 5.05. The standard InChI is InChI=1S/C20H22ClN3O4/c1-13(2)18(24-20(27)23-15-8-4-3-5-9-15)19(26)28-12-17(25)22-16-10-6-7-14(21)11-16/h3-11,13,18H,12H2,1-2H3,(H,22,25)(H2,23,24,27)/t18-/m0/s1. The van der Waals surface area contributed by atoms with Gasteiger partial charge in [0.05, 0.1) is 0 Å². The van der Waals surface area contributed by atoms with Gasteiger partial charge in [0.15, 0.2) is 6.61 Å². The first-order valence-electron chi connectivity index (χ1n) is 8.70. The van der Waals surface area contributed by atoms with Crippen LogP contribution in [0.4, 0.5) is 16.2 Å². The van der Waals surface area contributed by atoms with Gasteiger partial charge in [-0.25, -0.2) is 9.59 Å². The number of benzene rings is 2. The number of hydrogen-bond acceptors (Lipinski definition) is 4. The molecule has 28 heavy (non-hydrogen) atoms. The monoisotopic (exact) mass is 403 g/mol. The van der Waals surface area contributed by atoms with Crippen molar-refractivity contribution in [2.45, 2.75) is 19.9 Å². The van der Waals surface area contributed by atoms with Gasteiger partial charge in [0.1, 0.15) is 6.04 Å². The van der Waals surface area contributed by atoms with Crippen LogP contribution in [0.15, 0.2) is 54.6 Å². The zero-order chi connectivity index (χ0) is 20.5. The van der Waals surface area contributed by atoms with Crippen LogP contribution in [0.25, 0.3) is 0 Å². The Morgan fingerprint density at radius 3 is 2.29 bits per heavy atom. The van der Waals surface area contributed by atoms with Gasteiger partial charge in [0.2, 0.25) is 0 Å². The quantitative estimate of drug-likeness (QED) is 0.614. The number of para-hydroxylation sites is 1. The number of ether oxygens (including phenoxy) is 1. The molecule has 0 saturated carbocycles. The van der Waals surface area contributed by atoms with Gasteiger partial charge < -0.3 is 20.7 Å². The average Bonchev–Trinajstić information content (AvgIpc) is 2.65. The minimum atomic E-state index is -0.900. The second-order valence-electron chi connectivity index (χ2n) is 6.35. The highest BCUT2D eigenvalue weighted by molar-refractivity contribution is 6.30. The zero-order valence-electron chi connectivity index (χ0n) is 15.6. The lowest BCUT2D eigenvalue weighted by Crippen LogP contribution is -2.47. The van der Waals surface area contributed by atoms with Crippen LogP contribution < -0.4 is 16.0 Å². The molecule has 0 bridgehead atoms. The number of amides is 3. The fourth-order valence-corrected chi connectivity index (χ4v) is 2.51. The minimum Gasteiger partial charge on any atom is -0.454 e. The van der Waals surface area contributed by atoms with E-state index in [2.05, 4.69) is 16.0 Å². The molecule has 0 aromatic heterocycles. The van der Waals surface area contributed by atoms with Gasteiger partial charge >= 0.3 is 12.0 Å². The normalized spacial score (nSPS) is 11.4. The summed E-state index contributed by atoms with van der Waals surface area (Å²) >= 11 is 5.86. The Morgan fingerprint density at radius 2 is 1.64 bits per heavy atom. The van der Waals surface area contributed by atoms with Gasteiger partial charge in [0.25, 0.3) is 5.91 Å². The second-order valence-corrected chi connectivity index (χ2v) is 6.79. The van der Waals surface area contributed by atoms with Crippen molar-refractivity contribution in [2.75, 3.05) is 17.2 Å². The highest BCUT2D eigenvalue weighted by atomic mass is 35.5. The van der Waals surface area contributed by atoms with Crippen LogP contribution in [-0.2, 0) is 14.3 Å². The summed E-state index contributed by atoms with van der Waals surface area (Å²) in [4.78, 5) is 36.4. The summed E-state index contributed by atoms with van der Waals surface area (Å²) in [7, 11) is 0. The van der Waals surface area contributed by atoms with Crippen LogP contribution in [0.2, 0.25) is 5.02 Å². The smallest absolute Gasteiger partial charge is 0.329 e. The van der Waals surface area contributed by atoms with E-state index < -0.39 is 30.6 Å². The summed E-state index contributed by atoms with van der Waals surface area (Å²) in [5.74, 6) is -1.43. The number of carbonyl (C=O) groups excluding carboxylic acids is 3. The third-order valence-corrected chi connectivity index (χ3v) is 3.93. The fraction of sp³-hybridized carbons (Fsp3) is 0.250. The lowest BCUT2D eigenvalue weighted by molar-refractivity contribution is -0.150. The molecule has 148 valence electrons. The number of nitrogens with one attached hydrogen (secondary N) is 3. The van der Waals surface area contributed by atoms with Crippen molar-refractivity contribution >= 4 is 40.9 Å². The Morgan fingerprint density at radius 1 is 0.964 bits per heavy atom. The summed E-state index contributed by atoms with van der Waals surface area (Å²) in [5, 5.41) is 8.26. The van der Waals surface area contributed by atoms with E-state index in [1.807, 2.05) is 6.07 Å². The predicted molar refractivity (Wildman–Crippen MR) is 108 cm³/mol. The number of anilines is 2. The maximum absolute atomic E-state index is 12.3. The molecule has 8 heteroatoms. The molecule has 0 aliphatic carbocycles. The Bertz CT molecular complexity index is 827. The fourth-order valence-electron chi connectivity index (χ4n) is 2.32. The van der Waals surface area contributed by atoms with E-state index in [1.165, 1.54) is 0 Å². The molecule has 2 rings (SSSR count). The minimum absolute atomic E-state index is 0.231. The molecule has 0 fully saturated rings. The second kappa shape index (κ2) is 10.3. The number of urea groups is 1. The van der Waals surface area contributed by atoms with Crippen molar-refractivity contribution in [3.8, 4) is 0 Å². The van der Waals surface area contributed by atoms with Crippen LogP contribution >= 0.6 is 11.6 Å². The molecule has 7 nitrogen and oxygen atoms in total. The van der Waals surface area contributed by atoms with Gasteiger partial charge in [-0.1, -0.05) is 49.7 Å². The van der Waals surface area contributed by atoms with E-state index in [9.17, 15) is 14.4 Å². The first-order valence-corrected chi connectivity index (χ1v) is 9.07. The van der Waals surface area contributed by atoms with Crippen molar-refractivity contribution < 1.29 is 19.1 Å². The molecule has 0 aliphatic heterocycles. The van der Waals surface area contributed by atoms with Crippen LogP contribution in [0.3, 0.4) is 0 Å². The highest BCUT2D eigenvalue weighted by Crippen LogP contribution is 2.14. The number of rotatable bonds is 7. The van der Waals surface area contributed by atoms with Crippen LogP contribution in [-0.4, -0.2) is 30.6 Å².